The summed E-state index contributed by atoms with van der Waals surface area (Å²) in [4.78, 5) is 71.9. The van der Waals surface area contributed by atoms with Crippen LogP contribution in [0.2, 0.25) is 0 Å². The van der Waals surface area contributed by atoms with Crippen molar-refractivity contribution in [2.45, 2.75) is 75.5 Å². The van der Waals surface area contributed by atoms with Crippen LogP contribution in [-0.2, 0) is 28.8 Å². The summed E-state index contributed by atoms with van der Waals surface area (Å²) in [7, 11) is 0. The summed E-state index contributed by atoms with van der Waals surface area (Å²) in [5.74, 6) is -5.23. The molecule has 0 aliphatic rings. The molecule has 0 fully saturated rings. The van der Waals surface area contributed by atoms with Crippen molar-refractivity contribution in [1.29, 1.82) is 0 Å². The lowest BCUT2D eigenvalue weighted by Gasteiger charge is -2.25. The third-order valence-corrected chi connectivity index (χ3v) is 5.77. The number of aliphatic carboxylic acids is 2. The molecule has 14 nitrogen and oxygen atoms in total. The molecule has 0 saturated carbocycles. The van der Waals surface area contributed by atoms with Crippen LogP contribution in [0.15, 0.2) is 0 Å². The number of carboxylic acid groups (broad SMARTS) is 2. The molecule has 4 unspecified atom stereocenters. The van der Waals surface area contributed by atoms with Crippen molar-refractivity contribution in [2.24, 2.45) is 17.2 Å². The van der Waals surface area contributed by atoms with Gasteiger partial charge in [0.1, 0.15) is 18.1 Å². The van der Waals surface area contributed by atoms with Crippen molar-refractivity contribution >= 4 is 47.3 Å². The quantitative estimate of drug-likeness (QED) is 0.0782. The highest BCUT2D eigenvalue weighted by Gasteiger charge is 2.30. The predicted octanol–water partition coefficient (Wildman–Crippen LogP) is -2.13. The molecule has 11 N–H and O–H groups in total. The third-order valence-electron chi connectivity index (χ3n) is 5.12. The number of carbonyl (C=O) groups excluding carboxylic acids is 4. The number of carbonyl (C=O) groups is 6. The maximum atomic E-state index is 12.9. The molecule has 0 aliphatic heterocycles. The Morgan fingerprint density at radius 2 is 1.31 bits per heavy atom. The van der Waals surface area contributed by atoms with Gasteiger partial charge >= 0.3 is 11.9 Å². The standard InChI is InChI=1S/C21H38N6O8S/c1-36-11-9-15(21(34)35)27-20(33)14(6-8-17(29)30)26-19(32)13(5-7-16(24)28)25-18(31)12(23)4-2-3-10-22/h12-15H,2-11,22-23H2,1H3,(H2,24,28)(H,25,31)(H,26,32)(H,27,33)(H,29,30)(H,34,35). The molecular formula is C21H38N6O8S. The van der Waals surface area contributed by atoms with Crippen molar-refractivity contribution < 1.29 is 39.0 Å². The molecular weight excluding hydrogens is 496 g/mol. The Balaban J connectivity index is 5.54. The fraction of sp³-hybridized carbons (Fsp3) is 0.714. The van der Waals surface area contributed by atoms with Gasteiger partial charge in [0, 0.05) is 12.8 Å². The van der Waals surface area contributed by atoms with Gasteiger partial charge in [0.15, 0.2) is 0 Å². The van der Waals surface area contributed by atoms with Crippen molar-refractivity contribution in [3.05, 3.63) is 0 Å². The van der Waals surface area contributed by atoms with Crippen molar-refractivity contribution in [3.8, 4) is 0 Å². The maximum Gasteiger partial charge on any atom is 0.326 e. The van der Waals surface area contributed by atoms with Crippen LogP contribution in [0.25, 0.3) is 0 Å². The smallest absolute Gasteiger partial charge is 0.326 e. The molecule has 0 saturated heterocycles. The van der Waals surface area contributed by atoms with Gasteiger partial charge < -0.3 is 43.4 Å². The fourth-order valence-electron chi connectivity index (χ4n) is 3.05. The summed E-state index contributed by atoms with van der Waals surface area (Å²) in [6, 6.07) is -4.89. The molecule has 0 aromatic carbocycles. The monoisotopic (exact) mass is 534 g/mol. The molecule has 0 aromatic rings. The zero-order chi connectivity index (χ0) is 27.7. The van der Waals surface area contributed by atoms with E-state index in [1.165, 1.54) is 11.8 Å². The Morgan fingerprint density at radius 3 is 1.78 bits per heavy atom. The highest BCUT2D eigenvalue weighted by atomic mass is 32.2. The van der Waals surface area contributed by atoms with E-state index >= 15 is 0 Å². The molecule has 0 aromatic heterocycles. The van der Waals surface area contributed by atoms with E-state index in [-0.39, 0.29) is 25.7 Å². The second-order valence-electron chi connectivity index (χ2n) is 8.13. The van der Waals surface area contributed by atoms with Crippen LogP contribution in [-0.4, -0.2) is 88.5 Å². The highest BCUT2D eigenvalue weighted by molar-refractivity contribution is 7.98. The van der Waals surface area contributed by atoms with E-state index in [2.05, 4.69) is 16.0 Å². The summed E-state index contributed by atoms with van der Waals surface area (Å²) in [5, 5.41) is 25.5. The third kappa shape index (κ3) is 14.5. The molecule has 0 rings (SSSR count). The average molecular weight is 535 g/mol. The number of unbranched alkanes of at least 4 members (excludes halogenated alkanes) is 1. The Kier molecular flexibility index (Phi) is 16.9. The van der Waals surface area contributed by atoms with Crippen LogP contribution in [0.3, 0.4) is 0 Å². The molecule has 4 amide bonds. The number of amides is 4. The van der Waals surface area contributed by atoms with Gasteiger partial charge in [-0.1, -0.05) is 6.42 Å². The number of hydrogen-bond donors (Lipinski definition) is 8. The zero-order valence-corrected chi connectivity index (χ0v) is 21.2. The van der Waals surface area contributed by atoms with E-state index in [0.29, 0.717) is 31.6 Å². The van der Waals surface area contributed by atoms with E-state index in [1.54, 1.807) is 6.26 Å². The van der Waals surface area contributed by atoms with Gasteiger partial charge in [0.2, 0.25) is 23.6 Å². The van der Waals surface area contributed by atoms with Gasteiger partial charge in [-0.15, -0.1) is 0 Å². The number of nitrogens with two attached hydrogens (primary N) is 3. The first-order chi connectivity index (χ1) is 16.9. The topological polar surface area (TPSA) is 257 Å². The zero-order valence-electron chi connectivity index (χ0n) is 20.4. The van der Waals surface area contributed by atoms with Crippen LogP contribution >= 0.6 is 11.8 Å². The normalized spacial score (nSPS) is 14.1. The van der Waals surface area contributed by atoms with Crippen molar-refractivity contribution in [3.63, 3.8) is 0 Å². The minimum absolute atomic E-state index is 0.112. The summed E-state index contributed by atoms with van der Waals surface area (Å²) < 4.78 is 0. The molecule has 0 bridgehead atoms. The minimum atomic E-state index is -1.41. The lowest BCUT2D eigenvalue weighted by Crippen LogP contribution is -2.57. The van der Waals surface area contributed by atoms with Crippen LogP contribution < -0.4 is 33.2 Å². The van der Waals surface area contributed by atoms with Gasteiger partial charge in [-0.3, -0.25) is 24.0 Å². The fourth-order valence-corrected chi connectivity index (χ4v) is 3.52. The first-order valence-corrected chi connectivity index (χ1v) is 12.9. The Labute approximate surface area is 213 Å². The minimum Gasteiger partial charge on any atom is -0.481 e. The molecule has 0 heterocycles. The number of nitrogens with one attached hydrogen (secondary N) is 3. The van der Waals surface area contributed by atoms with Gasteiger partial charge in [0.05, 0.1) is 6.04 Å². The second-order valence-corrected chi connectivity index (χ2v) is 9.12. The molecule has 0 aliphatic carbocycles. The van der Waals surface area contributed by atoms with Crippen LogP contribution in [0.1, 0.15) is 51.4 Å². The molecule has 4 atom stereocenters. The molecule has 0 radical (unpaired) electrons. The first kappa shape index (κ1) is 33.1. The Bertz CT molecular complexity index is 769. The van der Waals surface area contributed by atoms with E-state index in [9.17, 15) is 33.9 Å². The van der Waals surface area contributed by atoms with Gasteiger partial charge in [-0.05, 0) is 50.7 Å². The number of thioether (sulfide) groups is 1. The SMILES string of the molecule is CSCCC(NC(=O)C(CCC(=O)O)NC(=O)C(CCC(N)=O)NC(=O)C(N)CCCCN)C(=O)O. The lowest BCUT2D eigenvalue weighted by molar-refractivity contribution is -0.143. The number of rotatable bonds is 20. The Hall–Kier alpha value is -2.91. The van der Waals surface area contributed by atoms with Crippen LogP contribution in [0.4, 0.5) is 0 Å². The molecule has 15 heteroatoms. The summed E-state index contributed by atoms with van der Waals surface area (Å²) in [6.07, 6.45) is 2.14. The molecule has 0 spiro atoms. The predicted molar refractivity (Wildman–Crippen MR) is 133 cm³/mol. The summed E-state index contributed by atoms with van der Waals surface area (Å²) in [5.41, 5.74) is 16.4. The van der Waals surface area contributed by atoms with Crippen LogP contribution in [0, 0.1) is 0 Å². The molecule has 36 heavy (non-hydrogen) atoms. The Morgan fingerprint density at radius 1 is 0.778 bits per heavy atom. The average Bonchev–Trinajstić information content (AvgIpc) is 2.80. The number of carboxylic acids is 2. The van der Waals surface area contributed by atoms with Gasteiger partial charge in [-0.2, -0.15) is 11.8 Å². The summed E-state index contributed by atoms with van der Waals surface area (Å²) in [6.45, 7) is 0.428. The van der Waals surface area contributed by atoms with E-state index in [1.807, 2.05) is 0 Å². The van der Waals surface area contributed by atoms with E-state index in [0.717, 1.165) is 0 Å². The summed E-state index contributed by atoms with van der Waals surface area (Å²) >= 11 is 1.38. The van der Waals surface area contributed by atoms with Gasteiger partial charge in [-0.25, -0.2) is 4.79 Å². The van der Waals surface area contributed by atoms with E-state index < -0.39 is 66.2 Å². The largest absolute Gasteiger partial charge is 0.481 e. The second kappa shape index (κ2) is 18.4. The van der Waals surface area contributed by atoms with Crippen molar-refractivity contribution in [2.75, 3.05) is 18.6 Å². The van der Waals surface area contributed by atoms with E-state index in [4.69, 9.17) is 22.3 Å². The number of hydrogen-bond acceptors (Lipinski definition) is 9. The van der Waals surface area contributed by atoms with Crippen LogP contribution in [0.5, 0.6) is 0 Å². The maximum absolute atomic E-state index is 12.9. The van der Waals surface area contributed by atoms with Gasteiger partial charge in [0.25, 0.3) is 0 Å². The number of primary amides is 1. The molecule has 206 valence electrons. The highest BCUT2D eigenvalue weighted by Crippen LogP contribution is 2.07. The first-order valence-electron chi connectivity index (χ1n) is 11.5. The lowest BCUT2D eigenvalue weighted by atomic mass is 10.0. The van der Waals surface area contributed by atoms with Crippen molar-refractivity contribution in [1.82, 2.24) is 16.0 Å².